The third-order valence-corrected chi connectivity index (χ3v) is 6.03. The number of carbonyl (C=O) groups excluding carboxylic acids is 3. The summed E-state index contributed by atoms with van der Waals surface area (Å²) in [6.07, 6.45) is 2.34. The van der Waals surface area contributed by atoms with Gasteiger partial charge >= 0.3 is 5.97 Å². The molecule has 2 amide bonds. The smallest absolute Gasteiger partial charge is 0.309 e. The molecule has 2 aliphatic heterocycles. The van der Waals surface area contributed by atoms with Gasteiger partial charge in [0.15, 0.2) is 0 Å². The number of nitrogens with zero attached hydrogens (tertiary/aromatic N) is 3. The molecule has 1 unspecified atom stereocenters. The van der Waals surface area contributed by atoms with Crippen LogP contribution in [0, 0.1) is 5.92 Å². The molecule has 2 saturated heterocycles. The Labute approximate surface area is 181 Å². The number of hydrogen-bond donors (Lipinski definition) is 1. The second kappa shape index (κ2) is 7.98. The average molecular weight is 427 g/mol. The lowest BCUT2D eigenvalue weighted by Crippen LogP contribution is -2.39. The summed E-state index contributed by atoms with van der Waals surface area (Å²) < 4.78 is 7.34. The summed E-state index contributed by atoms with van der Waals surface area (Å²) in [5.41, 5.74) is 2.29. The number of aromatic nitrogens is 2. The zero-order valence-electron chi connectivity index (χ0n) is 18.6. The van der Waals surface area contributed by atoms with E-state index in [4.69, 9.17) is 4.74 Å². The van der Waals surface area contributed by atoms with Crippen LogP contribution >= 0.6 is 0 Å². The second-order valence-corrected chi connectivity index (χ2v) is 9.51. The van der Waals surface area contributed by atoms with E-state index >= 15 is 0 Å². The van der Waals surface area contributed by atoms with Gasteiger partial charge in [0.2, 0.25) is 11.8 Å². The maximum Gasteiger partial charge on any atom is 0.309 e. The first-order valence-electron chi connectivity index (χ1n) is 10.9. The lowest BCUT2D eigenvalue weighted by Gasteiger charge is -2.34. The molecule has 1 aromatic heterocycles. The molecule has 0 saturated carbocycles. The Morgan fingerprint density at radius 2 is 1.87 bits per heavy atom. The van der Waals surface area contributed by atoms with Gasteiger partial charge in [-0.2, -0.15) is 5.10 Å². The quantitative estimate of drug-likeness (QED) is 0.599. The van der Waals surface area contributed by atoms with Crippen LogP contribution in [-0.2, 0) is 26.2 Å². The van der Waals surface area contributed by atoms with Gasteiger partial charge < -0.3 is 9.64 Å². The summed E-state index contributed by atoms with van der Waals surface area (Å²) in [5, 5.41) is 7.96. The number of rotatable bonds is 3. The molecule has 2 aliphatic rings. The van der Waals surface area contributed by atoms with Gasteiger partial charge in [-0.3, -0.25) is 24.4 Å². The molecular weight excluding hydrogens is 396 g/mol. The average Bonchev–Trinajstić information content (AvgIpc) is 3.03. The molecule has 2 aromatic rings. The van der Waals surface area contributed by atoms with Crippen LogP contribution in [0.3, 0.4) is 0 Å². The molecule has 0 spiro atoms. The number of piperidine rings is 2. The van der Waals surface area contributed by atoms with Crippen LogP contribution in [0.1, 0.15) is 58.1 Å². The van der Waals surface area contributed by atoms with Crippen molar-refractivity contribution in [3.63, 3.8) is 0 Å². The van der Waals surface area contributed by atoms with Crippen LogP contribution in [0.4, 0.5) is 5.69 Å². The molecule has 1 aromatic carbocycles. The van der Waals surface area contributed by atoms with Gasteiger partial charge in [-0.15, -0.1) is 0 Å². The van der Waals surface area contributed by atoms with Gasteiger partial charge in [-0.05, 0) is 58.2 Å². The summed E-state index contributed by atoms with van der Waals surface area (Å²) in [6.45, 7) is 7.26. The fourth-order valence-electron chi connectivity index (χ4n) is 4.44. The number of nitrogens with one attached hydrogen (secondary N) is 1. The highest BCUT2D eigenvalue weighted by Gasteiger charge is 2.32. The second-order valence-electron chi connectivity index (χ2n) is 9.51. The van der Waals surface area contributed by atoms with Crippen LogP contribution < -0.4 is 10.2 Å². The SMILES string of the molecule is Cn1nc(C2CCC(=O)NC2=O)c2ccc(N3CCC(C(=O)OC(C)(C)C)CC3)cc21. The number of benzene rings is 1. The largest absolute Gasteiger partial charge is 0.460 e. The van der Waals surface area contributed by atoms with Crippen LogP contribution in [0.2, 0.25) is 0 Å². The minimum atomic E-state index is -0.459. The van der Waals surface area contributed by atoms with Crippen molar-refractivity contribution in [1.82, 2.24) is 15.1 Å². The van der Waals surface area contributed by atoms with Crippen molar-refractivity contribution in [1.29, 1.82) is 0 Å². The van der Waals surface area contributed by atoms with Gasteiger partial charge in [0.25, 0.3) is 0 Å². The lowest BCUT2D eigenvalue weighted by atomic mass is 9.92. The first-order chi connectivity index (χ1) is 14.6. The number of hydrogen-bond acceptors (Lipinski definition) is 6. The first-order valence-corrected chi connectivity index (χ1v) is 10.9. The monoisotopic (exact) mass is 426 g/mol. The number of esters is 1. The molecule has 31 heavy (non-hydrogen) atoms. The molecule has 0 bridgehead atoms. The number of amides is 2. The lowest BCUT2D eigenvalue weighted by molar-refractivity contribution is -0.160. The van der Waals surface area contributed by atoms with E-state index < -0.39 is 11.5 Å². The van der Waals surface area contributed by atoms with Crippen LogP contribution in [0.5, 0.6) is 0 Å². The maximum absolute atomic E-state index is 12.4. The van der Waals surface area contributed by atoms with E-state index in [9.17, 15) is 14.4 Å². The van der Waals surface area contributed by atoms with Gasteiger partial charge in [0.05, 0.1) is 23.0 Å². The van der Waals surface area contributed by atoms with Gasteiger partial charge in [0.1, 0.15) is 5.60 Å². The van der Waals surface area contributed by atoms with E-state index in [0.29, 0.717) is 12.8 Å². The van der Waals surface area contributed by atoms with Crippen LogP contribution in [-0.4, -0.2) is 46.3 Å². The highest BCUT2D eigenvalue weighted by atomic mass is 16.6. The fraction of sp³-hybridized carbons (Fsp3) is 0.565. The third-order valence-electron chi connectivity index (χ3n) is 6.03. The van der Waals surface area contributed by atoms with Crippen molar-refractivity contribution in [3.05, 3.63) is 23.9 Å². The van der Waals surface area contributed by atoms with Crippen molar-refractivity contribution in [2.45, 2.75) is 58.0 Å². The molecule has 0 radical (unpaired) electrons. The minimum absolute atomic E-state index is 0.0602. The number of imide groups is 1. The Hall–Kier alpha value is -2.90. The minimum Gasteiger partial charge on any atom is -0.460 e. The van der Waals surface area contributed by atoms with Crippen LogP contribution in [0.15, 0.2) is 18.2 Å². The van der Waals surface area contributed by atoms with Gasteiger partial charge in [-0.25, -0.2) is 0 Å². The highest BCUT2D eigenvalue weighted by molar-refractivity contribution is 6.02. The summed E-state index contributed by atoms with van der Waals surface area (Å²) >= 11 is 0. The molecule has 0 aliphatic carbocycles. The van der Waals surface area contributed by atoms with E-state index in [2.05, 4.69) is 21.4 Å². The Morgan fingerprint density at radius 3 is 2.52 bits per heavy atom. The van der Waals surface area contributed by atoms with Gasteiger partial charge in [-0.1, -0.05) is 0 Å². The van der Waals surface area contributed by atoms with Crippen molar-refractivity contribution < 1.29 is 19.1 Å². The fourth-order valence-corrected chi connectivity index (χ4v) is 4.44. The number of aryl methyl sites for hydroxylation is 1. The Morgan fingerprint density at radius 1 is 1.16 bits per heavy atom. The number of anilines is 1. The topological polar surface area (TPSA) is 93.5 Å². The Kier molecular flexibility index (Phi) is 5.49. The predicted octanol–water partition coefficient (Wildman–Crippen LogP) is 2.65. The predicted molar refractivity (Wildman–Crippen MR) is 117 cm³/mol. The molecule has 166 valence electrons. The van der Waals surface area contributed by atoms with E-state index in [0.717, 1.165) is 48.2 Å². The normalized spacial score (nSPS) is 20.8. The molecule has 2 fully saturated rings. The zero-order valence-corrected chi connectivity index (χ0v) is 18.6. The van der Waals surface area contributed by atoms with Crippen molar-refractivity contribution in [2.75, 3.05) is 18.0 Å². The van der Waals surface area contributed by atoms with E-state index in [1.807, 2.05) is 40.0 Å². The van der Waals surface area contributed by atoms with Crippen molar-refractivity contribution in [3.8, 4) is 0 Å². The summed E-state index contributed by atoms with van der Waals surface area (Å²) in [6, 6.07) is 6.15. The molecule has 1 N–H and O–H groups in total. The summed E-state index contributed by atoms with van der Waals surface area (Å²) in [4.78, 5) is 38.4. The number of carbonyl (C=O) groups is 3. The van der Waals surface area contributed by atoms with E-state index in [-0.39, 0.29) is 23.7 Å². The third kappa shape index (κ3) is 4.43. The van der Waals surface area contributed by atoms with E-state index in [1.54, 1.807) is 4.68 Å². The molecule has 8 nitrogen and oxygen atoms in total. The molecule has 3 heterocycles. The molecular formula is C23H30N4O4. The molecule has 1 atom stereocenters. The standard InChI is InChI=1S/C23H30N4O4/c1-23(2,3)31-22(30)14-9-11-27(12-10-14)15-5-6-16-18(13-15)26(4)25-20(16)17-7-8-19(28)24-21(17)29/h5-6,13-14,17H,7-12H2,1-4H3,(H,24,28,29). The zero-order chi connectivity index (χ0) is 22.3. The maximum atomic E-state index is 12.4. The van der Waals surface area contributed by atoms with E-state index in [1.165, 1.54) is 0 Å². The molecule has 8 heteroatoms. The van der Waals surface area contributed by atoms with Gasteiger partial charge in [0, 0.05) is 37.6 Å². The Balaban J connectivity index is 1.49. The number of fused-ring (bicyclic) bond motifs is 1. The Bertz CT molecular complexity index is 1030. The number of ether oxygens (including phenoxy) is 1. The molecule has 4 rings (SSSR count). The highest BCUT2D eigenvalue weighted by Crippen LogP contribution is 2.33. The van der Waals surface area contributed by atoms with Crippen molar-refractivity contribution in [2.24, 2.45) is 13.0 Å². The summed E-state index contributed by atoms with van der Waals surface area (Å²) in [5.74, 6) is -1.07. The van der Waals surface area contributed by atoms with Crippen LogP contribution in [0.25, 0.3) is 10.9 Å². The summed E-state index contributed by atoms with van der Waals surface area (Å²) in [7, 11) is 1.87. The first kappa shape index (κ1) is 21.3. The van der Waals surface area contributed by atoms with Crippen molar-refractivity contribution >= 4 is 34.4 Å².